The Morgan fingerprint density at radius 2 is 1.61 bits per heavy atom. The van der Waals surface area contributed by atoms with Crippen molar-refractivity contribution in [1.29, 1.82) is 0 Å². The molecule has 204 valence electrons. The Kier molecular flexibility index (Phi) is 6.46. The van der Waals surface area contributed by atoms with Crippen molar-refractivity contribution in [3.63, 3.8) is 0 Å². The number of benzene rings is 2. The van der Waals surface area contributed by atoms with Crippen LogP contribution in [0.4, 0.5) is 24.9 Å². The second-order valence-electron chi connectivity index (χ2n) is 8.97. The number of rotatable bonds is 5. The summed E-state index contributed by atoms with van der Waals surface area (Å²) in [7, 11) is 0. The smallest absolute Gasteiger partial charge is 0.402 e. The van der Waals surface area contributed by atoms with E-state index in [1.165, 1.54) is 12.4 Å². The van der Waals surface area contributed by atoms with Crippen molar-refractivity contribution in [2.75, 3.05) is 10.6 Å². The zero-order valence-electron chi connectivity index (χ0n) is 21.2. The number of alkyl halides is 3. The van der Waals surface area contributed by atoms with E-state index >= 15 is 0 Å². The molecular formula is C28H19F3N8O2. The number of anilines is 2. The van der Waals surface area contributed by atoms with Gasteiger partial charge in [0.1, 0.15) is 11.5 Å². The van der Waals surface area contributed by atoms with Crippen LogP contribution in [0.25, 0.3) is 22.7 Å². The number of benzodiazepines with no additional fused rings is 1. The molecule has 5 aromatic rings. The number of hydrogen-bond donors (Lipinski definition) is 2. The number of nitrogens with zero attached hydrogens (tertiary/aromatic N) is 6. The van der Waals surface area contributed by atoms with E-state index in [1.54, 1.807) is 19.1 Å². The minimum atomic E-state index is -4.63. The molecule has 4 heterocycles. The number of aryl methyl sites for hydroxylation is 1. The van der Waals surface area contributed by atoms with Crippen molar-refractivity contribution >= 4 is 23.3 Å². The third-order valence-electron chi connectivity index (χ3n) is 6.19. The van der Waals surface area contributed by atoms with Gasteiger partial charge in [0, 0.05) is 40.8 Å². The lowest BCUT2D eigenvalue weighted by atomic mass is 10.0. The van der Waals surface area contributed by atoms with Crippen LogP contribution >= 0.6 is 0 Å². The molecule has 1 aliphatic heterocycles. The number of pyridine rings is 1. The van der Waals surface area contributed by atoms with E-state index in [-0.39, 0.29) is 28.7 Å². The van der Waals surface area contributed by atoms with Crippen molar-refractivity contribution in [3.8, 4) is 22.7 Å². The van der Waals surface area contributed by atoms with Crippen LogP contribution < -0.4 is 10.6 Å². The van der Waals surface area contributed by atoms with Gasteiger partial charge < -0.3 is 15.1 Å². The van der Waals surface area contributed by atoms with Crippen LogP contribution in [-0.2, 0) is 11.0 Å². The number of para-hydroxylation sites is 1. The van der Waals surface area contributed by atoms with Gasteiger partial charge in [-0.3, -0.25) is 4.79 Å². The maximum Gasteiger partial charge on any atom is 0.417 e. The highest BCUT2D eigenvalue weighted by molar-refractivity contribution is 6.19. The van der Waals surface area contributed by atoms with Crippen LogP contribution in [0.15, 0.2) is 88.7 Å². The first kappa shape index (κ1) is 25.8. The Hall–Kier alpha value is -5.46. The Bertz CT molecular complexity index is 1770. The summed E-state index contributed by atoms with van der Waals surface area (Å²) in [4.78, 5) is 29.9. The lowest BCUT2D eigenvalue weighted by molar-refractivity contribution is -0.137. The van der Waals surface area contributed by atoms with Gasteiger partial charge in [-0.2, -0.15) is 13.2 Å². The molecule has 10 nitrogen and oxygen atoms in total. The summed E-state index contributed by atoms with van der Waals surface area (Å²) in [6, 6.07) is 17.3. The highest BCUT2D eigenvalue weighted by Gasteiger charge is 2.33. The third kappa shape index (κ3) is 5.24. The molecule has 0 spiro atoms. The number of aliphatic imine (C=N–C) groups is 1. The molecule has 41 heavy (non-hydrogen) atoms. The Morgan fingerprint density at radius 3 is 2.37 bits per heavy atom. The second-order valence-corrected chi connectivity index (χ2v) is 8.97. The minimum Gasteiger partial charge on any atom is -0.402 e. The number of aromatic nitrogens is 5. The van der Waals surface area contributed by atoms with Gasteiger partial charge in [-0.05, 0) is 19.1 Å². The van der Waals surface area contributed by atoms with Crippen molar-refractivity contribution in [3.05, 3.63) is 102 Å². The standard InChI is InChI=1S/C28H19F3N8O2/c1-15-32-12-17(13-33-15)20-11-18(28(29,30)31)14-34-23(20)26-38-39-27(41-26)37-24-25(40)35-21-10-6-5-9-19(21)22(36-24)16-7-3-2-4-8-16/h2-14,24H,1H3,(H,35,40)(H,37,39). The maximum atomic E-state index is 13.5. The van der Waals surface area contributed by atoms with Gasteiger partial charge in [-0.15, -0.1) is 5.10 Å². The van der Waals surface area contributed by atoms with Gasteiger partial charge in [-0.25, -0.2) is 19.9 Å². The molecule has 1 amide bonds. The van der Waals surface area contributed by atoms with Gasteiger partial charge in [0.05, 0.1) is 17.0 Å². The van der Waals surface area contributed by atoms with Crippen LogP contribution in [0.3, 0.4) is 0 Å². The molecule has 13 heteroatoms. The molecule has 0 saturated heterocycles. The average Bonchev–Trinajstić information content (AvgIpc) is 3.38. The quantitative estimate of drug-likeness (QED) is 0.304. The fourth-order valence-corrected chi connectivity index (χ4v) is 4.22. The minimum absolute atomic E-state index is 0.0165. The van der Waals surface area contributed by atoms with E-state index in [1.807, 2.05) is 42.5 Å². The van der Waals surface area contributed by atoms with Gasteiger partial charge >= 0.3 is 12.2 Å². The lowest BCUT2D eigenvalue weighted by Gasteiger charge is -2.12. The summed E-state index contributed by atoms with van der Waals surface area (Å²) in [6.07, 6.45) is -2.36. The molecule has 0 fully saturated rings. The summed E-state index contributed by atoms with van der Waals surface area (Å²) in [5.41, 5.74) is 1.98. The fraction of sp³-hybridized carbons (Fsp3) is 0.107. The topological polar surface area (TPSA) is 131 Å². The van der Waals surface area contributed by atoms with E-state index in [9.17, 15) is 18.0 Å². The number of hydrogen-bond acceptors (Lipinski definition) is 9. The molecular weight excluding hydrogens is 537 g/mol. The Labute approximate surface area is 230 Å². The van der Waals surface area contributed by atoms with Crippen molar-refractivity contribution in [2.45, 2.75) is 19.3 Å². The van der Waals surface area contributed by atoms with Gasteiger partial charge in [0.15, 0.2) is 0 Å². The van der Waals surface area contributed by atoms with Crippen LogP contribution in [0.2, 0.25) is 0 Å². The highest BCUT2D eigenvalue weighted by atomic mass is 19.4. The molecule has 0 saturated carbocycles. The van der Waals surface area contributed by atoms with Gasteiger partial charge in [0.2, 0.25) is 6.17 Å². The van der Waals surface area contributed by atoms with Crippen LogP contribution in [0.5, 0.6) is 0 Å². The van der Waals surface area contributed by atoms with Gasteiger partial charge in [-0.1, -0.05) is 53.6 Å². The summed E-state index contributed by atoms with van der Waals surface area (Å²) in [5, 5.41) is 13.6. The molecule has 6 rings (SSSR count). The van der Waals surface area contributed by atoms with E-state index < -0.39 is 23.8 Å². The molecule has 3 aromatic heterocycles. The monoisotopic (exact) mass is 556 g/mol. The van der Waals surface area contributed by atoms with Crippen LogP contribution in [-0.4, -0.2) is 42.9 Å². The summed E-state index contributed by atoms with van der Waals surface area (Å²) in [6.45, 7) is 1.65. The Morgan fingerprint density at radius 1 is 0.878 bits per heavy atom. The summed E-state index contributed by atoms with van der Waals surface area (Å²) >= 11 is 0. The normalized spacial score (nSPS) is 15.0. The molecule has 1 aliphatic rings. The number of nitrogens with one attached hydrogen (secondary N) is 2. The van der Waals surface area contributed by atoms with E-state index in [4.69, 9.17) is 4.42 Å². The highest BCUT2D eigenvalue weighted by Crippen LogP contribution is 2.36. The van der Waals surface area contributed by atoms with Crippen LogP contribution in [0, 0.1) is 6.92 Å². The first-order valence-electron chi connectivity index (χ1n) is 12.3. The number of carbonyl (C=O) groups is 1. The average molecular weight is 557 g/mol. The van der Waals surface area contributed by atoms with Crippen LogP contribution in [0.1, 0.15) is 22.5 Å². The predicted molar refractivity (Wildman–Crippen MR) is 143 cm³/mol. The van der Waals surface area contributed by atoms with E-state index in [0.29, 0.717) is 23.4 Å². The summed E-state index contributed by atoms with van der Waals surface area (Å²) < 4.78 is 46.2. The van der Waals surface area contributed by atoms with E-state index in [0.717, 1.165) is 17.2 Å². The Balaban J connectivity index is 1.37. The number of carbonyl (C=O) groups excluding carboxylic acids is 1. The maximum absolute atomic E-state index is 13.5. The van der Waals surface area contributed by atoms with Crippen molar-refractivity contribution in [1.82, 2.24) is 25.1 Å². The number of halogens is 3. The lowest BCUT2D eigenvalue weighted by Crippen LogP contribution is -2.32. The molecule has 2 N–H and O–H groups in total. The number of fused-ring (bicyclic) bond motifs is 1. The number of amides is 1. The van der Waals surface area contributed by atoms with Gasteiger partial charge in [0.25, 0.3) is 11.8 Å². The van der Waals surface area contributed by atoms with Crippen molar-refractivity contribution in [2.24, 2.45) is 4.99 Å². The zero-order valence-corrected chi connectivity index (χ0v) is 21.2. The summed E-state index contributed by atoms with van der Waals surface area (Å²) in [5.74, 6) is -0.214. The fourth-order valence-electron chi connectivity index (χ4n) is 4.22. The predicted octanol–water partition coefficient (Wildman–Crippen LogP) is 5.14. The first-order valence-corrected chi connectivity index (χ1v) is 12.3. The first-order chi connectivity index (χ1) is 19.8. The molecule has 0 radical (unpaired) electrons. The van der Waals surface area contributed by atoms with Crippen molar-refractivity contribution < 1.29 is 22.4 Å². The third-order valence-corrected chi connectivity index (χ3v) is 6.19. The largest absolute Gasteiger partial charge is 0.417 e. The van der Waals surface area contributed by atoms with E-state index in [2.05, 4.69) is 40.8 Å². The molecule has 0 bridgehead atoms. The molecule has 0 aliphatic carbocycles. The molecule has 2 aromatic carbocycles. The molecule has 1 unspecified atom stereocenters. The molecule has 1 atom stereocenters. The SMILES string of the molecule is Cc1ncc(-c2cc(C(F)(F)F)cnc2-c2nnc(NC3N=C(c4ccccc4)c4ccccc4NC3=O)o2)cn1. The zero-order chi connectivity index (χ0) is 28.6. The second kappa shape index (κ2) is 10.3.